The van der Waals surface area contributed by atoms with E-state index in [1.165, 1.54) is 0 Å². The first kappa shape index (κ1) is 16.5. The van der Waals surface area contributed by atoms with Crippen molar-refractivity contribution in [2.75, 3.05) is 24.6 Å². The van der Waals surface area contributed by atoms with E-state index in [1.807, 2.05) is 42.5 Å². The van der Waals surface area contributed by atoms with E-state index in [0.717, 1.165) is 37.4 Å². The van der Waals surface area contributed by atoms with Crippen LogP contribution in [-0.2, 0) is 11.3 Å². The van der Waals surface area contributed by atoms with Crippen LogP contribution in [0.25, 0.3) is 0 Å². The summed E-state index contributed by atoms with van der Waals surface area (Å²) < 4.78 is 5.71. The Balaban J connectivity index is 1.65. The highest BCUT2D eigenvalue weighted by molar-refractivity contribution is 5.93. The summed E-state index contributed by atoms with van der Waals surface area (Å²) in [4.78, 5) is 18.8. The van der Waals surface area contributed by atoms with E-state index < -0.39 is 0 Å². The summed E-state index contributed by atoms with van der Waals surface area (Å²) in [5.41, 5.74) is 2.54. The lowest BCUT2D eigenvalue weighted by Crippen LogP contribution is -2.42. The molecule has 1 unspecified atom stereocenters. The Hall–Kier alpha value is -2.40. The monoisotopic (exact) mass is 325 g/mol. The quantitative estimate of drug-likeness (QED) is 0.918. The minimum absolute atomic E-state index is 0.152. The van der Waals surface area contributed by atoms with Gasteiger partial charge in [0.1, 0.15) is 5.69 Å². The van der Waals surface area contributed by atoms with Gasteiger partial charge in [0.25, 0.3) is 5.91 Å². The molecule has 1 fully saturated rings. The number of carbonyl (C=O) groups excluding carboxylic acids is 1. The van der Waals surface area contributed by atoms with Crippen LogP contribution in [0.15, 0.2) is 48.7 Å². The molecule has 1 N–H and O–H groups in total. The molecular formula is C19H23N3O2. The highest BCUT2D eigenvalue weighted by Gasteiger charge is 2.20. The standard InChI is InChI=1S/C19H23N3O2/c1-2-17-14-22(10-11-24-17)16-8-9-20-18(12-16)19(23)21-13-15-6-4-3-5-7-15/h3-9,12,17H,2,10-11,13-14H2,1H3,(H,21,23). The molecule has 0 spiro atoms. The van der Waals surface area contributed by atoms with Crippen LogP contribution in [0.2, 0.25) is 0 Å². The number of nitrogens with zero attached hydrogens (tertiary/aromatic N) is 2. The lowest BCUT2D eigenvalue weighted by atomic mass is 10.2. The third-order valence-corrected chi connectivity index (χ3v) is 4.23. The first-order chi connectivity index (χ1) is 11.8. The molecule has 5 nitrogen and oxygen atoms in total. The van der Waals surface area contributed by atoms with Crippen molar-refractivity contribution in [1.82, 2.24) is 10.3 Å². The van der Waals surface area contributed by atoms with E-state index in [2.05, 4.69) is 22.1 Å². The van der Waals surface area contributed by atoms with Crippen molar-refractivity contribution < 1.29 is 9.53 Å². The number of hydrogen-bond donors (Lipinski definition) is 1. The molecule has 2 aromatic rings. The molecule has 0 aliphatic carbocycles. The van der Waals surface area contributed by atoms with Crippen molar-refractivity contribution in [1.29, 1.82) is 0 Å². The second-order valence-corrected chi connectivity index (χ2v) is 5.91. The molecular weight excluding hydrogens is 302 g/mol. The number of anilines is 1. The number of rotatable bonds is 5. The van der Waals surface area contributed by atoms with Crippen LogP contribution < -0.4 is 10.2 Å². The predicted octanol–water partition coefficient (Wildman–Crippen LogP) is 2.63. The molecule has 1 amide bonds. The first-order valence-corrected chi connectivity index (χ1v) is 8.41. The number of pyridine rings is 1. The SMILES string of the molecule is CCC1CN(c2ccnc(C(=O)NCc3ccccc3)c2)CCO1. The zero-order chi connectivity index (χ0) is 16.8. The second kappa shape index (κ2) is 7.93. The fourth-order valence-electron chi connectivity index (χ4n) is 2.81. The molecule has 1 aromatic heterocycles. The minimum Gasteiger partial charge on any atom is -0.375 e. The molecule has 1 aromatic carbocycles. The molecule has 0 saturated carbocycles. The maximum atomic E-state index is 12.4. The van der Waals surface area contributed by atoms with Crippen LogP contribution in [-0.4, -0.2) is 36.7 Å². The minimum atomic E-state index is -0.152. The number of ether oxygens (including phenoxy) is 1. The smallest absolute Gasteiger partial charge is 0.270 e. The average molecular weight is 325 g/mol. The molecule has 5 heteroatoms. The van der Waals surface area contributed by atoms with E-state index in [0.29, 0.717) is 12.2 Å². The number of hydrogen-bond acceptors (Lipinski definition) is 4. The maximum absolute atomic E-state index is 12.4. The van der Waals surface area contributed by atoms with Crippen molar-refractivity contribution in [3.05, 3.63) is 59.9 Å². The Bertz CT molecular complexity index is 675. The van der Waals surface area contributed by atoms with E-state index >= 15 is 0 Å². The van der Waals surface area contributed by atoms with Crippen molar-refractivity contribution in [2.24, 2.45) is 0 Å². The van der Waals surface area contributed by atoms with Crippen LogP contribution in [0.4, 0.5) is 5.69 Å². The van der Waals surface area contributed by atoms with Crippen LogP contribution in [0.3, 0.4) is 0 Å². The predicted molar refractivity (Wildman–Crippen MR) is 94.1 cm³/mol. The van der Waals surface area contributed by atoms with Gasteiger partial charge in [-0.25, -0.2) is 0 Å². The van der Waals surface area contributed by atoms with Crippen molar-refractivity contribution in [3.8, 4) is 0 Å². The summed E-state index contributed by atoms with van der Waals surface area (Å²) in [6.45, 7) is 5.04. The van der Waals surface area contributed by atoms with E-state index in [4.69, 9.17) is 4.74 Å². The van der Waals surface area contributed by atoms with E-state index in [1.54, 1.807) is 6.20 Å². The molecule has 1 aliphatic heterocycles. The summed E-state index contributed by atoms with van der Waals surface area (Å²) in [6.07, 6.45) is 2.94. The fraction of sp³-hybridized carbons (Fsp3) is 0.368. The molecule has 24 heavy (non-hydrogen) atoms. The van der Waals surface area contributed by atoms with E-state index in [9.17, 15) is 4.79 Å². The van der Waals surface area contributed by atoms with Gasteiger partial charge in [0.2, 0.25) is 0 Å². The Morgan fingerprint density at radius 1 is 1.33 bits per heavy atom. The zero-order valence-corrected chi connectivity index (χ0v) is 13.9. The lowest BCUT2D eigenvalue weighted by molar-refractivity contribution is 0.0384. The Labute approximate surface area is 142 Å². The van der Waals surface area contributed by atoms with Gasteiger partial charge < -0.3 is 15.0 Å². The molecule has 1 saturated heterocycles. The molecule has 126 valence electrons. The van der Waals surface area contributed by atoms with Gasteiger partial charge in [-0.05, 0) is 24.1 Å². The van der Waals surface area contributed by atoms with Crippen LogP contribution in [0.5, 0.6) is 0 Å². The van der Waals surface area contributed by atoms with Gasteiger partial charge in [-0.1, -0.05) is 37.3 Å². The van der Waals surface area contributed by atoms with E-state index in [-0.39, 0.29) is 12.0 Å². The normalized spacial score (nSPS) is 17.5. The Morgan fingerprint density at radius 3 is 2.96 bits per heavy atom. The maximum Gasteiger partial charge on any atom is 0.270 e. The van der Waals surface area contributed by atoms with Crippen LogP contribution in [0, 0.1) is 0 Å². The topological polar surface area (TPSA) is 54.5 Å². The van der Waals surface area contributed by atoms with Crippen molar-refractivity contribution in [3.63, 3.8) is 0 Å². The van der Waals surface area contributed by atoms with Crippen LogP contribution >= 0.6 is 0 Å². The van der Waals surface area contributed by atoms with Gasteiger partial charge in [-0.15, -0.1) is 0 Å². The summed E-state index contributed by atoms with van der Waals surface area (Å²) in [5, 5.41) is 2.92. The molecule has 2 heterocycles. The lowest BCUT2D eigenvalue weighted by Gasteiger charge is -2.34. The highest BCUT2D eigenvalue weighted by atomic mass is 16.5. The molecule has 3 rings (SSSR count). The first-order valence-electron chi connectivity index (χ1n) is 8.41. The molecule has 0 radical (unpaired) electrons. The number of carbonyl (C=O) groups is 1. The Morgan fingerprint density at radius 2 is 2.17 bits per heavy atom. The second-order valence-electron chi connectivity index (χ2n) is 5.91. The number of amides is 1. The molecule has 1 atom stereocenters. The number of nitrogens with one attached hydrogen (secondary N) is 1. The largest absolute Gasteiger partial charge is 0.375 e. The van der Waals surface area contributed by atoms with Crippen molar-refractivity contribution in [2.45, 2.75) is 26.0 Å². The van der Waals surface area contributed by atoms with Gasteiger partial charge in [0.05, 0.1) is 12.7 Å². The summed E-state index contributed by atoms with van der Waals surface area (Å²) in [7, 11) is 0. The fourth-order valence-corrected chi connectivity index (χ4v) is 2.81. The summed E-state index contributed by atoms with van der Waals surface area (Å²) in [6, 6.07) is 13.7. The number of morpholine rings is 1. The van der Waals surface area contributed by atoms with Gasteiger partial charge in [-0.3, -0.25) is 9.78 Å². The average Bonchev–Trinajstić information content (AvgIpc) is 2.67. The van der Waals surface area contributed by atoms with Gasteiger partial charge >= 0.3 is 0 Å². The third-order valence-electron chi connectivity index (χ3n) is 4.23. The number of benzene rings is 1. The molecule has 0 bridgehead atoms. The zero-order valence-electron chi connectivity index (χ0n) is 13.9. The summed E-state index contributed by atoms with van der Waals surface area (Å²) in [5.74, 6) is -0.152. The third kappa shape index (κ3) is 4.11. The Kier molecular flexibility index (Phi) is 5.43. The highest BCUT2D eigenvalue weighted by Crippen LogP contribution is 2.19. The van der Waals surface area contributed by atoms with Gasteiger partial charge in [0.15, 0.2) is 0 Å². The number of aromatic nitrogens is 1. The summed E-state index contributed by atoms with van der Waals surface area (Å²) >= 11 is 0. The van der Waals surface area contributed by atoms with Gasteiger partial charge in [0, 0.05) is 31.5 Å². The van der Waals surface area contributed by atoms with Gasteiger partial charge in [-0.2, -0.15) is 0 Å². The van der Waals surface area contributed by atoms with Crippen LogP contribution in [0.1, 0.15) is 29.4 Å². The van der Waals surface area contributed by atoms with Crippen molar-refractivity contribution >= 4 is 11.6 Å². The molecule has 1 aliphatic rings.